The predicted molar refractivity (Wildman–Crippen MR) is 113 cm³/mol. The van der Waals surface area contributed by atoms with Gasteiger partial charge in [-0.1, -0.05) is 48.0 Å². The number of carbonyl (C=O) groups is 1. The maximum Gasteiger partial charge on any atom is 0.337 e. The number of aromatic carboxylic acids is 1. The molecule has 0 atom stereocenters. The molecule has 0 bridgehead atoms. The number of benzene rings is 2. The molecule has 0 aliphatic rings. The Morgan fingerprint density at radius 3 is 2.32 bits per heavy atom. The summed E-state index contributed by atoms with van der Waals surface area (Å²) in [6, 6.07) is 15.9. The highest BCUT2D eigenvalue weighted by atomic mass is 35.5. The number of aryl methyl sites for hydroxylation is 1. The lowest BCUT2D eigenvalue weighted by Gasteiger charge is -2.12. The standard InChI is InChI=1S/C23H25ClN2O2/c1-15-6-4-5-7-19(15)14-26-16(2)21(22(17(26)3)23(27)28)13-25-12-18-8-10-20(24)11-9-18/h4-11,25H,12-14H2,1-3H3,(H,27,28). The summed E-state index contributed by atoms with van der Waals surface area (Å²) in [5.74, 6) is -0.882. The highest BCUT2D eigenvalue weighted by Gasteiger charge is 2.22. The summed E-state index contributed by atoms with van der Waals surface area (Å²) >= 11 is 5.93. The third kappa shape index (κ3) is 4.29. The Hall–Kier alpha value is -2.56. The smallest absolute Gasteiger partial charge is 0.337 e. The van der Waals surface area contributed by atoms with Crippen LogP contribution < -0.4 is 5.32 Å². The Bertz CT molecular complexity index is 991. The minimum atomic E-state index is -0.882. The van der Waals surface area contributed by atoms with Gasteiger partial charge in [0.25, 0.3) is 0 Å². The van der Waals surface area contributed by atoms with Gasteiger partial charge in [0.15, 0.2) is 0 Å². The second kappa shape index (κ2) is 8.63. The molecule has 1 heterocycles. The largest absolute Gasteiger partial charge is 0.478 e. The van der Waals surface area contributed by atoms with E-state index in [1.807, 2.05) is 50.2 Å². The van der Waals surface area contributed by atoms with Gasteiger partial charge < -0.3 is 15.0 Å². The van der Waals surface area contributed by atoms with Crippen LogP contribution in [0.5, 0.6) is 0 Å². The number of aromatic nitrogens is 1. The molecule has 0 unspecified atom stereocenters. The first kappa shape index (κ1) is 20.2. The Morgan fingerprint density at radius 1 is 1.00 bits per heavy atom. The molecule has 0 fully saturated rings. The first-order chi connectivity index (χ1) is 13.4. The molecule has 0 aliphatic heterocycles. The van der Waals surface area contributed by atoms with E-state index in [9.17, 15) is 9.90 Å². The molecule has 0 spiro atoms. The van der Waals surface area contributed by atoms with Crippen LogP contribution in [0.2, 0.25) is 5.02 Å². The van der Waals surface area contributed by atoms with Gasteiger partial charge in [-0.3, -0.25) is 0 Å². The fourth-order valence-electron chi connectivity index (χ4n) is 3.58. The Morgan fingerprint density at radius 2 is 1.68 bits per heavy atom. The topological polar surface area (TPSA) is 54.3 Å². The fraction of sp³-hybridized carbons (Fsp3) is 0.261. The number of carboxylic acids is 1. The van der Waals surface area contributed by atoms with Crippen LogP contribution in [0.1, 0.15) is 44.0 Å². The van der Waals surface area contributed by atoms with Crippen LogP contribution in [0.25, 0.3) is 0 Å². The van der Waals surface area contributed by atoms with E-state index in [1.54, 1.807) is 0 Å². The van der Waals surface area contributed by atoms with Gasteiger partial charge in [-0.15, -0.1) is 0 Å². The molecular weight excluding hydrogens is 372 g/mol. The summed E-state index contributed by atoms with van der Waals surface area (Å²) in [7, 11) is 0. The zero-order valence-corrected chi connectivity index (χ0v) is 17.2. The number of carboxylic acid groups (broad SMARTS) is 1. The van der Waals surface area contributed by atoms with Gasteiger partial charge >= 0.3 is 5.97 Å². The molecule has 1 aromatic heterocycles. The number of nitrogens with zero attached hydrogens (tertiary/aromatic N) is 1. The molecule has 0 saturated heterocycles. The lowest BCUT2D eigenvalue weighted by molar-refractivity contribution is 0.0694. The molecule has 0 amide bonds. The van der Waals surface area contributed by atoms with Crippen molar-refractivity contribution in [3.8, 4) is 0 Å². The van der Waals surface area contributed by atoms with Gasteiger partial charge in [0.05, 0.1) is 5.56 Å². The molecule has 146 valence electrons. The second-order valence-electron chi connectivity index (χ2n) is 7.07. The molecule has 5 heteroatoms. The van der Waals surface area contributed by atoms with E-state index < -0.39 is 5.97 Å². The minimum Gasteiger partial charge on any atom is -0.478 e. The number of halogens is 1. The van der Waals surface area contributed by atoms with Gasteiger partial charge in [0.2, 0.25) is 0 Å². The van der Waals surface area contributed by atoms with Crippen molar-refractivity contribution in [1.82, 2.24) is 9.88 Å². The SMILES string of the molecule is Cc1ccccc1Cn1c(C)c(CNCc2ccc(Cl)cc2)c(C(=O)O)c1C. The van der Waals surface area contributed by atoms with Crippen molar-refractivity contribution >= 4 is 17.6 Å². The van der Waals surface area contributed by atoms with E-state index in [0.717, 1.165) is 22.5 Å². The van der Waals surface area contributed by atoms with Crippen molar-refractivity contribution in [3.05, 3.63) is 92.8 Å². The highest BCUT2D eigenvalue weighted by Crippen LogP contribution is 2.25. The van der Waals surface area contributed by atoms with Crippen LogP contribution in [-0.4, -0.2) is 15.6 Å². The van der Waals surface area contributed by atoms with Crippen molar-refractivity contribution in [2.75, 3.05) is 0 Å². The lowest BCUT2D eigenvalue weighted by Crippen LogP contribution is -2.15. The zero-order valence-electron chi connectivity index (χ0n) is 16.4. The maximum absolute atomic E-state index is 11.9. The van der Waals surface area contributed by atoms with Crippen molar-refractivity contribution < 1.29 is 9.90 Å². The van der Waals surface area contributed by atoms with Gasteiger partial charge in [-0.25, -0.2) is 4.79 Å². The maximum atomic E-state index is 11.9. The lowest BCUT2D eigenvalue weighted by atomic mass is 10.1. The predicted octanol–water partition coefficient (Wildman–Crippen LogP) is 5.10. The number of nitrogens with one attached hydrogen (secondary N) is 1. The quantitative estimate of drug-likeness (QED) is 0.584. The van der Waals surface area contributed by atoms with Crippen LogP contribution in [0.15, 0.2) is 48.5 Å². The molecule has 3 rings (SSSR count). The van der Waals surface area contributed by atoms with E-state index in [4.69, 9.17) is 11.6 Å². The van der Waals surface area contributed by atoms with E-state index in [-0.39, 0.29) is 0 Å². The zero-order chi connectivity index (χ0) is 20.3. The van der Waals surface area contributed by atoms with Crippen molar-refractivity contribution in [2.45, 2.75) is 40.4 Å². The Labute approximate surface area is 170 Å². The summed E-state index contributed by atoms with van der Waals surface area (Å²) in [5.41, 5.74) is 6.52. The first-order valence-electron chi connectivity index (χ1n) is 9.30. The molecule has 2 aromatic carbocycles. The summed E-state index contributed by atoms with van der Waals surface area (Å²) < 4.78 is 2.10. The summed E-state index contributed by atoms with van der Waals surface area (Å²) in [6.45, 7) is 7.78. The van der Waals surface area contributed by atoms with Gasteiger partial charge in [-0.2, -0.15) is 0 Å². The monoisotopic (exact) mass is 396 g/mol. The van der Waals surface area contributed by atoms with E-state index in [1.165, 1.54) is 11.1 Å². The molecule has 2 N–H and O–H groups in total. The average molecular weight is 397 g/mol. The highest BCUT2D eigenvalue weighted by molar-refractivity contribution is 6.30. The van der Waals surface area contributed by atoms with E-state index in [0.29, 0.717) is 30.2 Å². The molecule has 3 aromatic rings. The van der Waals surface area contributed by atoms with Crippen molar-refractivity contribution in [3.63, 3.8) is 0 Å². The number of rotatable bonds is 7. The molecular formula is C23H25ClN2O2. The minimum absolute atomic E-state index is 0.398. The molecule has 28 heavy (non-hydrogen) atoms. The van der Waals surface area contributed by atoms with Crippen LogP contribution in [0.3, 0.4) is 0 Å². The van der Waals surface area contributed by atoms with E-state index >= 15 is 0 Å². The summed E-state index contributed by atoms with van der Waals surface area (Å²) in [6.07, 6.45) is 0. The fourth-order valence-corrected chi connectivity index (χ4v) is 3.70. The van der Waals surface area contributed by atoms with Crippen LogP contribution in [0, 0.1) is 20.8 Å². The Balaban J connectivity index is 1.84. The summed E-state index contributed by atoms with van der Waals surface area (Å²) in [5, 5.41) is 13.9. The molecule has 4 nitrogen and oxygen atoms in total. The van der Waals surface area contributed by atoms with Crippen molar-refractivity contribution in [2.24, 2.45) is 0 Å². The van der Waals surface area contributed by atoms with Gasteiger partial charge in [-0.05, 0) is 49.6 Å². The first-order valence-corrected chi connectivity index (χ1v) is 9.67. The van der Waals surface area contributed by atoms with Crippen molar-refractivity contribution in [1.29, 1.82) is 0 Å². The van der Waals surface area contributed by atoms with E-state index in [2.05, 4.69) is 28.9 Å². The molecule has 0 saturated carbocycles. The normalized spacial score (nSPS) is 11.0. The summed E-state index contributed by atoms with van der Waals surface area (Å²) in [4.78, 5) is 11.9. The third-order valence-electron chi connectivity index (χ3n) is 5.26. The number of hydrogen-bond acceptors (Lipinski definition) is 2. The third-order valence-corrected chi connectivity index (χ3v) is 5.51. The van der Waals surface area contributed by atoms with Gasteiger partial charge in [0, 0.05) is 41.6 Å². The van der Waals surface area contributed by atoms with Crippen LogP contribution in [0.4, 0.5) is 0 Å². The Kier molecular flexibility index (Phi) is 6.22. The molecule has 0 aliphatic carbocycles. The van der Waals surface area contributed by atoms with Crippen LogP contribution in [-0.2, 0) is 19.6 Å². The number of hydrogen-bond donors (Lipinski definition) is 2. The second-order valence-corrected chi connectivity index (χ2v) is 7.51. The van der Waals surface area contributed by atoms with Crippen LogP contribution >= 0.6 is 11.6 Å². The van der Waals surface area contributed by atoms with Gasteiger partial charge in [0.1, 0.15) is 0 Å². The average Bonchev–Trinajstić information content (AvgIpc) is 2.89. The molecule has 0 radical (unpaired) electrons.